The maximum absolute atomic E-state index is 9.01. The van der Waals surface area contributed by atoms with Gasteiger partial charge in [0.2, 0.25) is 0 Å². The lowest BCUT2D eigenvalue weighted by atomic mass is 10.2. The van der Waals surface area contributed by atoms with Crippen LogP contribution in [0.1, 0.15) is 5.56 Å². The summed E-state index contributed by atoms with van der Waals surface area (Å²) in [7, 11) is 0. The van der Waals surface area contributed by atoms with Crippen LogP contribution in [0.3, 0.4) is 0 Å². The molecule has 0 saturated heterocycles. The number of hydrogen-bond donors (Lipinski definition) is 1. The van der Waals surface area contributed by atoms with Crippen molar-refractivity contribution in [3.05, 3.63) is 42.5 Å². The summed E-state index contributed by atoms with van der Waals surface area (Å²) in [4.78, 5) is 0. The minimum absolute atomic E-state index is 0.229. The van der Waals surface area contributed by atoms with Crippen molar-refractivity contribution >= 4 is 0 Å². The molecule has 1 heteroatoms. The Morgan fingerprint density at radius 2 is 2.00 bits per heavy atom. The highest BCUT2D eigenvalue weighted by Crippen LogP contribution is 2.13. The molecule has 0 fully saturated rings. The summed E-state index contributed by atoms with van der Waals surface area (Å²) in [6.07, 6.45) is 2.60. The molecule has 0 bridgehead atoms. The zero-order valence-electron chi connectivity index (χ0n) is 4.96. The van der Waals surface area contributed by atoms with Gasteiger partial charge >= 0.3 is 0 Å². The van der Waals surface area contributed by atoms with Crippen LogP contribution < -0.4 is 0 Å². The average molecular weight is 119 g/mol. The van der Waals surface area contributed by atoms with Crippen molar-refractivity contribution < 1.29 is 5.11 Å². The first-order chi connectivity index (χ1) is 4.34. The van der Waals surface area contributed by atoms with E-state index in [1.165, 1.54) is 0 Å². The number of aromatic hydroxyl groups is 1. The summed E-state index contributed by atoms with van der Waals surface area (Å²) in [5.74, 6) is 0.229. The van der Waals surface area contributed by atoms with Crippen LogP contribution in [0.5, 0.6) is 5.75 Å². The van der Waals surface area contributed by atoms with E-state index in [-0.39, 0.29) is 5.75 Å². The van der Waals surface area contributed by atoms with Crippen molar-refractivity contribution in [2.45, 2.75) is 0 Å². The summed E-state index contributed by atoms with van der Waals surface area (Å²) in [6, 6.07) is 6.94. The maximum atomic E-state index is 9.01. The zero-order valence-corrected chi connectivity index (χ0v) is 4.96. The van der Waals surface area contributed by atoms with Crippen LogP contribution in [0.4, 0.5) is 0 Å². The first-order valence-corrected chi connectivity index (χ1v) is 2.65. The van der Waals surface area contributed by atoms with E-state index in [4.69, 9.17) is 5.11 Å². The van der Waals surface area contributed by atoms with Gasteiger partial charge in [-0.15, -0.1) is 0 Å². The van der Waals surface area contributed by atoms with E-state index in [1.807, 2.05) is 6.07 Å². The number of rotatable bonds is 1. The SMILES string of the molecule is C=[C]c1ccccc1O. The predicted octanol–water partition coefficient (Wildman–Crippen LogP) is 1.73. The molecule has 0 heterocycles. The fourth-order valence-electron chi connectivity index (χ4n) is 0.623. The standard InChI is InChI=1S/C8H7O/c1-2-7-5-3-4-6-8(7)9/h3-6,9H,1H2. The van der Waals surface area contributed by atoms with Crippen LogP contribution in [-0.2, 0) is 0 Å². The van der Waals surface area contributed by atoms with Crippen LogP contribution in [0.15, 0.2) is 30.8 Å². The van der Waals surface area contributed by atoms with Gasteiger partial charge in [-0.25, -0.2) is 0 Å². The van der Waals surface area contributed by atoms with Gasteiger partial charge in [0.1, 0.15) is 5.75 Å². The quantitative estimate of drug-likeness (QED) is 0.596. The normalized spacial score (nSPS) is 8.89. The van der Waals surface area contributed by atoms with Gasteiger partial charge in [0.05, 0.1) is 0 Å². The molecule has 45 valence electrons. The van der Waals surface area contributed by atoms with Crippen LogP contribution >= 0.6 is 0 Å². The highest BCUT2D eigenvalue weighted by molar-refractivity contribution is 5.35. The van der Waals surface area contributed by atoms with Gasteiger partial charge in [0.15, 0.2) is 0 Å². The van der Waals surface area contributed by atoms with Crippen LogP contribution in [0, 0.1) is 6.08 Å². The second-order valence-corrected chi connectivity index (χ2v) is 1.69. The first kappa shape index (κ1) is 5.89. The van der Waals surface area contributed by atoms with Crippen molar-refractivity contribution in [3.8, 4) is 5.75 Å². The topological polar surface area (TPSA) is 20.2 Å². The van der Waals surface area contributed by atoms with Gasteiger partial charge < -0.3 is 5.11 Å². The van der Waals surface area contributed by atoms with Crippen LogP contribution in [0.2, 0.25) is 0 Å². The molecule has 0 aliphatic heterocycles. The first-order valence-electron chi connectivity index (χ1n) is 2.65. The molecule has 0 unspecified atom stereocenters. The molecular weight excluding hydrogens is 112 g/mol. The maximum Gasteiger partial charge on any atom is 0.123 e. The number of benzene rings is 1. The number of phenolic OH excluding ortho intramolecular Hbond substituents is 1. The fraction of sp³-hybridized carbons (Fsp3) is 0. The Kier molecular flexibility index (Phi) is 1.54. The Morgan fingerprint density at radius 1 is 1.33 bits per heavy atom. The Morgan fingerprint density at radius 3 is 2.44 bits per heavy atom. The van der Waals surface area contributed by atoms with E-state index in [0.717, 1.165) is 0 Å². The van der Waals surface area contributed by atoms with Crippen LogP contribution in [0.25, 0.3) is 0 Å². The molecule has 0 aliphatic carbocycles. The number of phenols is 1. The van der Waals surface area contributed by atoms with E-state index in [0.29, 0.717) is 5.56 Å². The fourth-order valence-corrected chi connectivity index (χ4v) is 0.623. The minimum Gasteiger partial charge on any atom is -0.507 e. The Bertz CT molecular complexity index is 216. The smallest absolute Gasteiger partial charge is 0.123 e. The highest BCUT2D eigenvalue weighted by Gasteiger charge is 1.90. The van der Waals surface area contributed by atoms with Gasteiger partial charge in [-0.05, 0) is 12.1 Å². The molecule has 0 aliphatic rings. The molecule has 0 saturated carbocycles. The minimum atomic E-state index is 0.229. The lowest BCUT2D eigenvalue weighted by Gasteiger charge is -1.93. The zero-order chi connectivity index (χ0) is 6.69. The van der Waals surface area contributed by atoms with E-state index in [2.05, 4.69) is 12.7 Å². The van der Waals surface area contributed by atoms with Gasteiger partial charge in [0.25, 0.3) is 0 Å². The van der Waals surface area contributed by atoms with E-state index in [1.54, 1.807) is 18.2 Å². The molecule has 0 amide bonds. The molecule has 1 radical (unpaired) electrons. The second kappa shape index (κ2) is 2.35. The van der Waals surface area contributed by atoms with Crippen molar-refractivity contribution in [3.63, 3.8) is 0 Å². The van der Waals surface area contributed by atoms with Gasteiger partial charge in [0, 0.05) is 5.56 Å². The van der Waals surface area contributed by atoms with Crippen molar-refractivity contribution in [1.82, 2.24) is 0 Å². The molecule has 1 aromatic carbocycles. The Balaban J connectivity index is 3.15. The molecule has 1 rings (SSSR count). The van der Waals surface area contributed by atoms with E-state index < -0.39 is 0 Å². The van der Waals surface area contributed by atoms with Crippen LogP contribution in [-0.4, -0.2) is 5.11 Å². The summed E-state index contributed by atoms with van der Waals surface area (Å²) in [5.41, 5.74) is 0.650. The molecular formula is C8H7O. The third-order valence-electron chi connectivity index (χ3n) is 1.09. The molecule has 0 atom stereocenters. The molecule has 9 heavy (non-hydrogen) atoms. The van der Waals surface area contributed by atoms with E-state index in [9.17, 15) is 0 Å². The molecule has 0 spiro atoms. The summed E-state index contributed by atoms with van der Waals surface area (Å²) < 4.78 is 0. The summed E-state index contributed by atoms with van der Waals surface area (Å²) >= 11 is 0. The largest absolute Gasteiger partial charge is 0.507 e. The predicted molar refractivity (Wildman–Crippen MR) is 36.1 cm³/mol. The second-order valence-electron chi connectivity index (χ2n) is 1.69. The number of para-hydroxylation sites is 1. The average Bonchev–Trinajstić information content (AvgIpc) is 1.89. The molecule has 1 aromatic rings. The Labute approximate surface area is 54.3 Å². The van der Waals surface area contributed by atoms with Crippen molar-refractivity contribution in [2.75, 3.05) is 0 Å². The third-order valence-corrected chi connectivity index (χ3v) is 1.09. The summed E-state index contributed by atoms with van der Waals surface area (Å²) in [6.45, 7) is 3.41. The number of hydrogen-bond acceptors (Lipinski definition) is 1. The van der Waals surface area contributed by atoms with Gasteiger partial charge in [-0.1, -0.05) is 24.8 Å². The van der Waals surface area contributed by atoms with Gasteiger partial charge in [-0.3, -0.25) is 0 Å². The summed E-state index contributed by atoms with van der Waals surface area (Å²) in [5, 5.41) is 9.01. The third kappa shape index (κ3) is 1.11. The molecule has 1 nitrogen and oxygen atoms in total. The van der Waals surface area contributed by atoms with E-state index >= 15 is 0 Å². The Hall–Kier alpha value is -1.24. The lowest BCUT2D eigenvalue weighted by Crippen LogP contribution is -1.71. The van der Waals surface area contributed by atoms with Crippen molar-refractivity contribution in [2.24, 2.45) is 0 Å². The molecule has 1 N–H and O–H groups in total. The van der Waals surface area contributed by atoms with Gasteiger partial charge in [-0.2, -0.15) is 0 Å². The lowest BCUT2D eigenvalue weighted by molar-refractivity contribution is 0.473. The molecule has 0 aromatic heterocycles. The highest BCUT2D eigenvalue weighted by atomic mass is 16.3. The monoisotopic (exact) mass is 119 g/mol. The van der Waals surface area contributed by atoms with Crippen molar-refractivity contribution in [1.29, 1.82) is 0 Å².